The molecule has 0 radical (unpaired) electrons. The van der Waals surface area contributed by atoms with E-state index in [0.717, 1.165) is 44.9 Å². The normalized spacial score (nSPS) is 34.6. The zero-order valence-corrected chi connectivity index (χ0v) is 11.3. The fourth-order valence-electron chi connectivity index (χ4n) is 3.34. The summed E-state index contributed by atoms with van der Waals surface area (Å²) in [7, 11) is 0. The van der Waals surface area contributed by atoms with E-state index in [1.807, 2.05) is 0 Å². The number of carbonyl (C=O) groups is 2. The molecule has 3 aliphatic rings. The van der Waals surface area contributed by atoms with Gasteiger partial charge in [-0.1, -0.05) is 6.42 Å². The van der Waals surface area contributed by atoms with E-state index in [0.29, 0.717) is 12.6 Å². The standard InChI is InChI=1S/C14H23N3O2/c15-11-4-1-3-10(11)14(19)17-8-2-5-12(17)13(18)16-9-6-7-9/h9-12H,1-8,15H2,(H,16,18). The van der Waals surface area contributed by atoms with Crippen molar-refractivity contribution in [1.82, 2.24) is 10.2 Å². The van der Waals surface area contributed by atoms with Crippen LogP contribution >= 0.6 is 0 Å². The lowest BCUT2D eigenvalue weighted by molar-refractivity contribution is -0.141. The van der Waals surface area contributed by atoms with Gasteiger partial charge in [0.15, 0.2) is 0 Å². The summed E-state index contributed by atoms with van der Waals surface area (Å²) in [6.45, 7) is 0.713. The summed E-state index contributed by atoms with van der Waals surface area (Å²) in [6.07, 6.45) is 6.74. The van der Waals surface area contributed by atoms with Gasteiger partial charge in [-0.25, -0.2) is 0 Å². The fraction of sp³-hybridized carbons (Fsp3) is 0.857. The molecule has 19 heavy (non-hydrogen) atoms. The van der Waals surface area contributed by atoms with Crippen LogP contribution in [0.2, 0.25) is 0 Å². The number of hydrogen-bond donors (Lipinski definition) is 2. The molecule has 1 saturated heterocycles. The zero-order valence-electron chi connectivity index (χ0n) is 11.3. The molecule has 5 heteroatoms. The molecule has 3 fully saturated rings. The monoisotopic (exact) mass is 265 g/mol. The smallest absolute Gasteiger partial charge is 0.243 e. The number of nitrogens with one attached hydrogen (secondary N) is 1. The van der Waals surface area contributed by atoms with E-state index in [2.05, 4.69) is 5.32 Å². The number of nitrogens with two attached hydrogens (primary N) is 1. The topological polar surface area (TPSA) is 75.4 Å². The van der Waals surface area contributed by atoms with Gasteiger partial charge >= 0.3 is 0 Å². The molecule has 1 heterocycles. The van der Waals surface area contributed by atoms with E-state index in [4.69, 9.17) is 5.73 Å². The highest BCUT2D eigenvalue weighted by molar-refractivity contribution is 5.89. The number of rotatable bonds is 3. The van der Waals surface area contributed by atoms with Crippen molar-refractivity contribution in [2.24, 2.45) is 11.7 Å². The van der Waals surface area contributed by atoms with Crippen molar-refractivity contribution in [3.63, 3.8) is 0 Å². The van der Waals surface area contributed by atoms with Gasteiger partial charge in [0.2, 0.25) is 11.8 Å². The Morgan fingerprint density at radius 2 is 1.84 bits per heavy atom. The van der Waals surface area contributed by atoms with Crippen LogP contribution in [-0.2, 0) is 9.59 Å². The van der Waals surface area contributed by atoms with Crippen LogP contribution in [0.15, 0.2) is 0 Å². The molecule has 0 aromatic heterocycles. The van der Waals surface area contributed by atoms with Crippen molar-refractivity contribution >= 4 is 11.8 Å². The maximum absolute atomic E-state index is 12.5. The van der Waals surface area contributed by atoms with Crippen LogP contribution < -0.4 is 11.1 Å². The Hall–Kier alpha value is -1.10. The summed E-state index contributed by atoms with van der Waals surface area (Å²) in [5, 5.41) is 3.02. The van der Waals surface area contributed by atoms with Crippen LogP contribution in [0.1, 0.15) is 44.9 Å². The minimum absolute atomic E-state index is 0.0137. The van der Waals surface area contributed by atoms with Crippen LogP contribution in [0.5, 0.6) is 0 Å². The third-order valence-electron chi connectivity index (χ3n) is 4.65. The Morgan fingerprint density at radius 1 is 1.05 bits per heavy atom. The van der Waals surface area contributed by atoms with E-state index in [-0.39, 0.29) is 29.8 Å². The quantitative estimate of drug-likeness (QED) is 0.775. The van der Waals surface area contributed by atoms with Crippen LogP contribution in [0, 0.1) is 5.92 Å². The summed E-state index contributed by atoms with van der Waals surface area (Å²) in [4.78, 5) is 26.5. The molecule has 3 rings (SSSR count). The van der Waals surface area contributed by atoms with Crippen LogP contribution in [0.4, 0.5) is 0 Å². The first-order valence-corrected chi connectivity index (χ1v) is 7.53. The molecule has 3 unspecified atom stereocenters. The zero-order chi connectivity index (χ0) is 13.4. The van der Waals surface area contributed by atoms with E-state index in [1.165, 1.54) is 0 Å². The van der Waals surface area contributed by atoms with E-state index in [9.17, 15) is 9.59 Å². The SMILES string of the molecule is NC1CCCC1C(=O)N1CCCC1C(=O)NC1CC1. The summed E-state index contributed by atoms with van der Waals surface area (Å²) in [5.41, 5.74) is 6.01. The van der Waals surface area contributed by atoms with Crippen molar-refractivity contribution in [3.8, 4) is 0 Å². The minimum Gasteiger partial charge on any atom is -0.352 e. The second-order valence-corrected chi connectivity index (χ2v) is 6.17. The van der Waals surface area contributed by atoms with Gasteiger partial charge in [-0.3, -0.25) is 9.59 Å². The van der Waals surface area contributed by atoms with Crippen molar-refractivity contribution in [3.05, 3.63) is 0 Å². The molecular formula is C14H23N3O2. The van der Waals surface area contributed by atoms with Gasteiger partial charge in [0.25, 0.3) is 0 Å². The van der Waals surface area contributed by atoms with E-state index >= 15 is 0 Å². The minimum atomic E-state index is -0.249. The molecular weight excluding hydrogens is 242 g/mol. The fourth-order valence-corrected chi connectivity index (χ4v) is 3.34. The third kappa shape index (κ3) is 2.61. The van der Waals surface area contributed by atoms with Crippen LogP contribution in [0.25, 0.3) is 0 Å². The maximum Gasteiger partial charge on any atom is 0.243 e. The number of likely N-dealkylation sites (tertiary alicyclic amines) is 1. The van der Waals surface area contributed by atoms with Gasteiger partial charge in [-0.15, -0.1) is 0 Å². The molecule has 5 nitrogen and oxygen atoms in total. The van der Waals surface area contributed by atoms with Gasteiger partial charge in [0, 0.05) is 18.6 Å². The van der Waals surface area contributed by atoms with Crippen molar-refractivity contribution in [2.45, 2.75) is 63.1 Å². The summed E-state index contributed by atoms with van der Waals surface area (Å²) < 4.78 is 0. The van der Waals surface area contributed by atoms with Gasteiger partial charge in [0.05, 0.1) is 5.92 Å². The predicted octanol–water partition coefficient (Wildman–Crippen LogP) is 0.383. The Bertz CT molecular complexity index is 381. The number of amides is 2. The molecule has 1 aliphatic heterocycles. The van der Waals surface area contributed by atoms with Gasteiger partial charge in [-0.2, -0.15) is 0 Å². The van der Waals surface area contributed by atoms with Crippen molar-refractivity contribution in [2.75, 3.05) is 6.54 Å². The second kappa shape index (κ2) is 5.12. The Balaban J connectivity index is 1.64. The summed E-state index contributed by atoms with van der Waals surface area (Å²) in [6, 6.07) is 0.0972. The molecule has 0 spiro atoms. The Morgan fingerprint density at radius 3 is 2.47 bits per heavy atom. The van der Waals surface area contributed by atoms with Crippen LogP contribution in [0.3, 0.4) is 0 Å². The lowest BCUT2D eigenvalue weighted by Gasteiger charge is -2.28. The number of carbonyl (C=O) groups excluding carboxylic acids is 2. The molecule has 0 bridgehead atoms. The number of nitrogens with zero attached hydrogens (tertiary/aromatic N) is 1. The Kier molecular flexibility index (Phi) is 3.48. The molecule has 2 amide bonds. The first kappa shape index (κ1) is 12.9. The number of hydrogen-bond acceptors (Lipinski definition) is 3. The van der Waals surface area contributed by atoms with E-state index < -0.39 is 0 Å². The third-order valence-corrected chi connectivity index (χ3v) is 4.65. The highest BCUT2D eigenvalue weighted by atomic mass is 16.2. The largest absolute Gasteiger partial charge is 0.352 e. The maximum atomic E-state index is 12.5. The molecule has 0 aromatic carbocycles. The van der Waals surface area contributed by atoms with Gasteiger partial charge in [0.1, 0.15) is 6.04 Å². The first-order valence-electron chi connectivity index (χ1n) is 7.53. The second-order valence-electron chi connectivity index (χ2n) is 6.17. The molecule has 3 atom stereocenters. The summed E-state index contributed by atoms with van der Waals surface area (Å²) in [5.74, 6) is 0.0905. The summed E-state index contributed by atoms with van der Waals surface area (Å²) >= 11 is 0. The Labute approximate surface area is 113 Å². The lowest BCUT2D eigenvalue weighted by Crippen LogP contribution is -2.50. The highest BCUT2D eigenvalue weighted by Crippen LogP contribution is 2.29. The lowest BCUT2D eigenvalue weighted by atomic mass is 10.0. The van der Waals surface area contributed by atoms with Crippen LogP contribution in [-0.4, -0.2) is 41.4 Å². The molecule has 2 aliphatic carbocycles. The van der Waals surface area contributed by atoms with Gasteiger partial charge < -0.3 is 16.0 Å². The predicted molar refractivity (Wildman–Crippen MR) is 71.2 cm³/mol. The van der Waals surface area contributed by atoms with Crippen molar-refractivity contribution < 1.29 is 9.59 Å². The van der Waals surface area contributed by atoms with E-state index in [1.54, 1.807) is 4.90 Å². The molecule has 3 N–H and O–H groups in total. The average Bonchev–Trinajstić information content (AvgIpc) is 2.92. The molecule has 106 valence electrons. The average molecular weight is 265 g/mol. The first-order chi connectivity index (χ1) is 9.16. The highest BCUT2D eigenvalue weighted by Gasteiger charge is 2.41. The molecule has 0 aromatic rings. The molecule has 2 saturated carbocycles. The van der Waals surface area contributed by atoms with Gasteiger partial charge in [-0.05, 0) is 38.5 Å². The van der Waals surface area contributed by atoms with Crippen molar-refractivity contribution in [1.29, 1.82) is 0 Å².